The molecule has 0 aliphatic heterocycles. The van der Waals surface area contributed by atoms with Crippen molar-refractivity contribution in [3.8, 4) is 0 Å². The second-order valence-electron chi connectivity index (χ2n) is 5.27. The summed E-state index contributed by atoms with van der Waals surface area (Å²) in [7, 11) is 1.50. The minimum absolute atomic E-state index is 0.131. The third-order valence-electron chi connectivity index (χ3n) is 3.28. The van der Waals surface area contributed by atoms with Crippen LogP contribution in [-0.4, -0.2) is 47.2 Å². The summed E-state index contributed by atoms with van der Waals surface area (Å²) in [6.07, 6.45) is 0.958. The van der Waals surface area contributed by atoms with Gasteiger partial charge in [-0.1, -0.05) is 23.7 Å². The van der Waals surface area contributed by atoms with Crippen LogP contribution in [0.2, 0.25) is 5.02 Å². The molecule has 0 fully saturated rings. The zero-order chi connectivity index (χ0) is 16.8. The van der Waals surface area contributed by atoms with Gasteiger partial charge in [0.25, 0.3) is 5.91 Å². The first-order valence-electron chi connectivity index (χ1n) is 7.23. The number of aliphatic hydroxyl groups excluding tert-OH is 1. The standard InChI is InChI=1S/C16H20ClN3O3/c1-11-15(16(22)18-7-14(21)10-23-2)9-20(19-11)8-12-4-3-5-13(17)6-12/h3-6,9,14,21H,7-8,10H2,1-2H3,(H,18,22). The van der Waals surface area contributed by atoms with Gasteiger partial charge in [0.2, 0.25) is 0 Å². The topological polar surface area (TPSA) is 76.4 Å². The van der Waals surface area contributed by atoms with Crippen molar-refractivity contribution in [2.45, 2.75) is 19.6 Å². The Balaban J connectivity index is 2.01. The Morgan fingerprint density at radius 1 is 1.52 bits per heavy atom. The van der Waals surface area contributed by atoms with Crippen molar-refractivity contribution >= 4 is 17.5 Å². The number of nitrogens with one attached hydrogen (secondary N) is 1. The molecule has 2 N–H and O–H groups in total. The Labute approximate surface area is 140 Å². The highest BCUT2D eigenvalue weighted by Gasteiger charge is 2.14. The van der Waals surface area contributed by atoms with E-state index in [0.717, 1.165) is 5.56 Å². The predicted octanol–water partition coefficient (Wildman–Crippen LogP) is 1.63. The maximum atomic E-state index is 12.2. The summed E-state index contributed by atoms with van der Waals surface area (Å²) in [5, 5.41) is 17.2. The van der Waals surface area contributed by atoms with Gasteiger partial charge in [0.05, 0.1) is 30.5 Å². The number of aromatic nitrogens is 2. The highest BCUT2D eigenvalue weighted by molar-refractivity contribution is 6.30. The fraction of sp³-hybridized carbons (Fsp3) is 0.375. The zero-order valence-corrected chi connectivity index (χ0v) is 13.9. The number of aryl methyl sites for hydroxylation is 1. The normalized spacial score (nSPS) is 12.2. The molecule has 0 aliphatic rings. The Kier molecular flexibility index (Phi) is 6.15. The first kappa shape index (κ1) is 17.5. The van der Waals surface area contributed by atoms with Crippen LogP contribution in [0.4, 0.5) is 0 Å². The molecule has 1 amide bonds. The summed E-state index contributed by atoms with van der Waals surface area (Å²) in [6, 6.07) is 7.49. The van der Waals surface area contributed by atoms with Crippen LogP contribution in [0.5, 0.6) is 0 Å². The van der Waals surface area contributed by atoms with Gasteiger partial charge in [-0.3, -0.25) is 9.48 Å². The van der Waals surface area contributed by atoms with E-state index in [0.29, 0.717) is 22.8 Å². The van der Waals surface area contributed by atoms with Crippen LogP contribution in [0.25, 0.3) is 0 Å². The fourth-order valence-corrected chi connectivity index (χ4v) is 2.41. The smallest absolute Gasteiger partial charge is 0.254 e. The predicted molar refractivity (Wildman–Crippen MR) is 87.7 cm³/mol. The molecule has 2 aromatic rings. The van der Waals surface area contributed by atoms with Gasteiger partial charge in [-0.2, -0.15) is 5.10 Å². The Hall–Kier alpha value is -1.89. The van der Waals surface area contributed by atoms with E-state index in [1.807, 2.05) is 24.3 Å². The van der Waals surface area contributed by atoms with Gasteiger partial charge < -0.3 is 15.2 Å². The van der Waals surface area contributed by atoms with Crippen molar-refractivity contribution in [3.63, 3.8) is 0 Å². The molecule has 1 aromatic carbocycles. The van der Waals surface area contributed by atoms with E-state index in [-0.39, 0.29) is 19.1 Å². The zero-order valence-electron chi connectivity index (χ0n) is 13.1. The average Bonchev–Trinajstić information content (AvgIpc) is 2.86. The molecule has 1 atom stereocenters. The van der Waals surface area contributed by atoms with Gasteiger partial charge in [0.15, 0.2) is 0 Å². The third-order valence-corrected chi connectivity index (χ3v) is 3.52. The van der Waals surface area contributed by atoms with Crippen molar-refractivity contribution < 1.29 is 14.6 Å². The van der Waals surface area contributed by atoms with Crippen LogP contribution in [0, 0.1) is 6.92 Å². The van der Waals surface area contributed by atoms with Gasteiger partial charge >= 0.3 is 0 Å². The molecule has 0 bridgehead atoms. The number of amides is 1. The molecule has 0 saturated carbocycles. The van der Waals surface area contributed by atoms with E-state index in [1.165, 1.54) is 7.11 Å². The number of ether oxygens (including phenoxy) is 1. The lowest BCUT2D eigenvalue weighted by molar-refractivity contribution is 0.0609. The lowest BCUT2D eigenvalue weighted by atomic mass is 10.2. The highest BCUT2D eigenvalue weighted by atomic mass is 35.5. The van der Waals surface area contributed by atoms with Crippen molar-refractivity contribution in [1.82, 2.24) is 15.1 Å². The number of benzene rings is 1. The van der Waals surface area contributed by atoms with Crippen LogP contribution in [0.15, 0.2) is 30.5 Å². The van der Waals surface area contributed by atoms with Crippen molar-refractivity contribution in [2.75, 3.05) is 20.3 Å². The van der Waals surface area contributed by atoms with Crippen molar-refractivity contribution in [1.29, 1.82) is 0 Å². The molecule has 0 radical (unpaired) electrons. The molecule has 1 unspecified atom stereocenters. The minimum Gasteiger partial charge on any atom is -0.389 e. The molecular formula is C16H20ClN3O3. The van der Waals surface area contributed by atoms with E-state index >= 15 is 0 Å². The van der Waals surface area contributed by atoms with E-state index < -0.39 is 6.10 Å². The maximum absolute atomic E-state index is 12.2. The van der Waals surface area contributed by atoms with E-state index in [4.69, 9.17) is 16.3 Å². The first-order valence-corrected chi connectivity index (χ1v) is 7.61. The van der Waals surface area contributed by atoms with Crippen LogP contribution in [0.1, 0.15) is 21.6 Å². The van der Waals surface area contributed by atoms with E-state index in [1.54, 1.807) is 17.8 Å². The molecule has 6 nitrogen and oxygen atoms in total. The summed E-state index contributed by atoms with van der Waals surface area (Å²) >= 11 is 5.97. The molecule has 0 spiro atoms. The van der Waals surface area contributed by atoms with Crippen LogP contribution >= 0.6 is 11.6 Å². The quantitative estimate of drug-likeness (QED) is 0.805. The molecule has 2 rings (SSSR count). The minimum atomic E-state index is -0.731. The molecule has 0 aliphatic carbocycles. The second-order valence-corrected chi connectivity index (χ2v) is 5.71. The molecule has 1 aromatic heterocycles. The lowest BCUT2D eigenvalue weighted by Gasteiger charge is -2.10. The molecule has 1 heterocycles. The summed E-state index contributed by atoms with van der Waals surface area (Å²) in [4.78, 5) is 12.2. The van der Waals surface area contributed by atoms with Crippen LogP contribution < -0.4 is 5.32 Å². The van der Waals surface area contributed by atoms with Gasteiger partial charge in [-0.15, -0.1) is 0 Å². The van der Waals surface area contributed by atoms with Crippen molar-refractivity contribution in [3.05, 3.63) is 52.3 Å². The summed E-state index contributed by atoms with van der Waals surface area (Å²) in [6.45, 7) is 2.61. The molecule has 0 saturated heterocycles. The maximum Gasteiger partial charge on any atom is 0.254 e. The fourth-order valence-electron chi connectivity index (χ4n) is 2.20. The second kappa shape index (κ2) is 8.10. The number of carbonyl (C=O) groups is 1. The van der Waals surface area contributed by atoms with Crippen LogP contribution in [0.3, 0.4) is 0 Å². The van der Waals surface area contributed by atoms with Gasteiger partial charge in [-0.25, -0.2) is 0 Å². The number of rotatable bonds is 7. The van der Waals surface area contributed by atoms with Gasteiger partial charge in [0, 0.05) is 24.9 Å². The summed E-state index contributed by atoms with van der Waals surface area (Å²) in [5.41, 5.74) is 2.12. The number of carbonyl (C=O) groups excluding carboxylic acids is 1. The number of methoxy groups -OCH3 is 1. The molecule has 124 valence electrons. The monoisotopic (exact) mass is 337 g/mol. The third kappa shape index (κ3) is 5.06. The number of halogens is 1. The number of hydrogen-bond donors (Lipinski definition) is 2. The Morgan fingerprint density at radius 2 is 2.30 bits per heavy atom. The van der Waals surface area contributed by atoms with E-state index in [2.05, 4.69) is 10.4 Å². The molecular weight excluding hydrogens is 318 g/mol. The lowest BCUT2D eigenvalue weighted by Crippen LogP contribution is -2.34. The average molecular weight is 338 g/mol. The number of hydrogen-bond acceptors (Lipinski definition) is 4. The van der Waals surface area contributed by atoms with Crippen molar-refractivity contribution in [2.24, 2.45) is 0 Å². The first-order chi connectivity index (χ1) is 11.0. The van der Waals surface area contributed by atoms with Gasteiger partial charge in [0.1, 0.15) is 0 Å². The molecule has 23 heavy (non-hydrogen) atoms. The summed E-state index contributed by atoms with van der Waals surface area (Å²) < 4.78 is 6.51. The Bertz CT molecular complexity index is 672. The number of aliphatic hydroxyl groups is 1. The largest absolute Gasteiger partial charge is 0.389 e. The Morgan fingerprint density at radius 3 is 3.00 bits per heavy atom. The summed E-state index contributed by atoms with van der Waals surface area (Å²) in [5.74, 6) is -0.269. The highest BCUT2D eigenvalue weighted by Crippen LogP contribution is 2.13. The SMILES string of the molecule is COCC(O)CNC(=O)c1cn(Cc2cccc(Cl)c2)nc1C. The van der Waals surface area contributed by atoms with E-state index in [9.17, 15) is 9.90 Å². The van der Waals surface area contributed by atoms with Crippen LogP contribution in [-0.2, 0) is 11.3 Å². The number of nitrogens with zero attached hydrogens (tertiary/aromatic N) is 2. The van der Waals surface area contributed by atoms with Gasteiger partial charge in [-0.05, 0) is 24.6 Å². The molecule has 7 heteroatoms.